The molecular weight excluding hydrogens is 343 g/mol. The number of halogens is 3. The molecule has 1 aliphatic heterocycles. The molecule has 26 heavy (non-hydrogen) atoms. The van der Waals surface area contributed by atoms with E-state index >= 15 is 0 Å². The maximum Gasteiger partial charge on any atom is 0.418 e. The number of aldehydes is 1. The monoisotopic (exact) mass is 365 g/mol. The van der Waals surface area contributed by atoms with Crippen LogP contribution in [0.4, 0.5) is 18.9 Å². The van der Waals surface area contributed by atoms with Crippen molar-refractivity contribution in [2.24, 2.45) is 5.92 Å². The molecule has 1 saturated heterocycles. The van der Waals surface area contributed by atoms with Gasteiger partial charge in [0.25, 0.3) is 0 Å². The van der Waals surface area contributed by atoms with Crippen LogP contribution in [0.2, 0.25) is 0 Å². The first-order valence-electron chi connectivity index (χ1n) is 8.77. The Morgan fingerprint density at radius 1 is 1.31 bits per heavy atom. The SMILES string of the molecule is CC1CC(NCCC=O)CN(c2ccc(C(F)(F)F)c3ncccc23)C1. The molecule has 3 rings (SSSR count). The van der Waals surface area contributed by atoms with E-state index in [-0.39, 0.29) is 11.6 Å². The van der Waals surface area contributed by atoms with Gasteiger partial charge in [0.1, 0.15) is 6.29 Å². The Morgan fingerprint density at radius 3 is 2.85 bits per heavy atom. The van der Waals surface area contributed by atoms with Gasteiger partial charge in [-0.05, 0) is 36.6 Å². The smallest absolute Gasteiger partial charge is 0.369 e. The third kappa shape index (κ3) is 3.98. The Kier molecular flexibility index (Phi) is 5.46. The van der Waals surface area contributed by atoms with Crippen molar-refractivity contribution in [2.75, 3.05) is 24.5 Å². The largest absolute Gasteiger partial charge is 0.418 e. The molecule has 0 amide bonds. The standard InChI is InChI=1S/C19H22F3N3O/c1-13-10-14(23-8-3-9-26)12-25(11-13)17-6-5-16(19(20,21)22)18-15(17)4-2-7-24-18/h2,4-7,9,13-14,23H,3,8,10-12H2,1H3. The number of fused-ring (bicyclic) bond motifs is 1. The Morgan fingerprint density at radius 2 is 2.12 bits per heavy atom. The second kappa shape index (κ2) is 7.61. The molecule has 0 aliphatic carbocycles. The summed E-state index contributed by atoms with van der Waals surface area (Å²) in [4.78, 5) is 16.6. The number of anilines is 1. The fraction of sp³-hybridized carbons (Fsp3) is 0.474. The maximum absolute atomic E-state index is 13.3. The summed E-state index contributed by atoms with van der Waals surface area (Å²) in [6, 6.07) is 6.24. The lowest BCUT2D eigenvalue weighted by Gasteiger charge is -2.39. The highest BCUT2D eigenvalue weighted by molar-refractivity contribution is 5.94. The molecule has 140 valence electrons. The predicted octanol–water partition coefficient (Wildman–Crippen LogP) is 3.65. The predicted molar refractivity (Wildman–Crippen MR) is 95.2 cm³/mol. The molecule has 2 aromatic rings. The second-order valence-electron chi connectivity index (χ2n) is 6.88. The number of piperidine rings is 1. The molecule has 0 spiro atoms. The van der Waals surface area contributed by atoms with Crippen molar-refractivity contribution < 1.29 is 18.0 Å². The van der Waals surface area contributed by atoms with E-state index in [1.54, 1.807) is 18.2 Å². The summed E-state index contributed by atoms with van der Waals surface area (Å²) in [5.74, 6) is 0.395. The van der Waals surface area contributed by atoms with Gasteiger partial charge in [-0.15, -0.1) is 0 Å². The van der Waals surface area contributed by atoms with Crippen LogP contribution in [-0.4, -0.2) is 36.9 Å². The maximum atomic E-state index is 13.3. The Bertz CT molecular complexity index is 778. The minimum atomic E-state index is -4.43. The number of nitrogens with one attached hydrogen (secondary N) is 1. The number of alkyl halides is 3. The molecule has 1 N–H and O–H groups in total. The number of hydrogen-bond acceptors (Lipinski definition) is 4. The third-order valence-corrected chi connectivity index (χ3v) is 4.75. The van der Waals surface area contributed by atoms with Crippen molar-refractivity contribution in [3.8, 4) is 0 Å². The zero-order valence-electron chi connectivity index (χ0n) is 14.6. The van der Waals surface area contributed by atoms with Crippen LogP contribution in [0.25, 0.3) is 10.9 Å². The van der Waals surface area contributed by atoms with Crippen LogP contribution in [0.5, 0.6) is 0 Å². The normalized spacial score (nSPS) is 21.2. The van der Waals surface area contributed by atoms with Gasteiger partial charge in [0, 0.05) is 49.4 Å². The number of benzene rings is 1. The number of aromatic nitrogens is 1. The number of carbonyl (C=O) groups excluding carboxylic acids is 1. The van der Waals surface area contributed by atoms with Gasteiger partial charge in [0.2, 0.25) is 0 Å². The first kappa shape index (κ1) is 18.6. The van der Waals surface area contributed by atoms with Crippen molar-refractivity contribution >= 4 is 22.9 Å². The number of hydrogen-bond donors (Lipinski definition) is 1. The van der Waals surface area contributed by atoms with E-state index in [0.717, 1.165) is 31.0 Å². The molecule has 2 atom stereocenters. The number of rotatable bonds is 5. The number of carbonyl (C=O) groups is 1. The lowest BCUT2D eigenvalue weighted by molar-refractivity contribution is -0.136. The van der Waals surface area contributed by atoms with E-state index in [1.807, 2.05) is 0 Å². The molecule has 0 radical (unpaired) electrons. The summed E-state index contributed by atoms with van der Waals surface area (Å²) in [6.07, 6.45) is -0.723. The first-order valence-corrected chi connectivity index (χ1v) is 8.77. The van der Waals surface area contributed by atoms with Crippen LogP contribution in [-0.2, 0) is 11.0 Å². The van der Waals surface area contributed by atoms with Crippen LogP contribution < -0.4 is 10.2 Å². The van der Waals surface area contributed by atoms with Gasteiger partial charge in [-0.1, -0.05) is 6.92 Å². The summed E-state index contributed by atoms with van der Waals surface area (Å²) >= 11 is 0. The summed E-state index contributed by atoms with van der Waals surface area (Å²) in [7, 11) is 0. The van der Waals surface area contributed by atoms with Crippen molar-refractivity contribution in [3.63, 3.8) is 0 Å². The van der Waals surface area contributed by atoms with Gasteiger partial charge >= 0.3 is 6.18 Å². The molecule has 4 nitrogen and oxygen atoms in total. The highest BCUT2D eigenvalue weighted by atomic mass is 19.4. The van der Waals surface area contributed by atoms with Gasteiger partial charge in [0.05, 0.1) is 11.1 Å². The van der Waals surface area contributed by atoms with Crippen molar-refractivity contribution in [1.82, 2.24) is 10.3 Å². The molecule has 1 aromatic heterocycles. The summed E-state index contributed by atoms with van der Waals surface area (Å²) in [5, 5.41) is 3.88. The Balaban J connectivity index is 1.93. The van der Waals surface area contributed by atoms with Gasteiger partial charge in [-0.25, -0.2) is 0 Å². The van der Waals surface area contributed by atoms with Gasteiger partial charge < -0.3 is 15.0 Å². The van der Waals surface area contributed by atoms with Crippen molar-refractivity contribution in [2.45, 2.75) is 32.0 Å². The minimum Gasteiger partial charge on any atom is -0.369 e. The van der Waals surface area contributed by atoms with Crippen LogP contribution in [0.3, 0.4) is 0 Å². The fourth-order valence-electron chi connectivity index (χ4n) is 3.70. The fourth-order valence-corrected chi connectivity index (χ4v) is 3.70. The van der Waals surface area contributed by atoms with E-state index in [1.165, 1.54) is 6.20 Å². The lowest BCUT2D eigenvalue weighted by Crippen LogP contribution is -2.49. The Hall–Kier alpha value is -2.15. The first-order chi connectivity index (χ1) is 12.4. The zero-order chi connectivity index (χ0) is 18.7. The molecular formula is C19H22F3N3O. The van der Waals surface area contributed by atoms with E-state index in [9.17, 15) is 18.0 Å². The number of pyridine rings is 1. The Labute approximate surface area is 150 Å². The summed E-state index contributed by atoms with van der Waals surface area (Å²) < 4.78 is 39.9. The molecule has 1 aromatic carbocycles. The quantitative estimate of drug-likeness (QED) is 0.649. The minimum absolute atomic E-state index is 0.0128. The van der Waals surface area contributed by atoms with E-state index in [4.69, 9.17) is 0 Å². The van der Waals surface area contributed by atoms with Crippen molar-refractivity contribution in [1.29, 1.82) is 0 Å². The van der Waals surface area contributed by atoms with Gasteiger partial charge in [-0.3, -0.25) is 4.98 Å². The molecule has 0 bridgehead atoms. The molecule has 2 heterocycles. The van der Waals surface area contributed by atoms with Crippen molar-refractivity contribution in [3.05, 3.63) is 36.0 Å². The van der Waals surface area contributed by atoms with Crippen LogP contribution in [0.1, 0.15) is 25.3 Å². The molecule has 7 heteroatoms. The number of nitrogens with zero attached hydrogens (tertiary/aromatic N) is 2. The summed E-state index contributed by atoms with van der Waals surface area (Å²) in [6.45, 7) is 4.22. The third-order valence-electron chi connectivity index (χ3n) is 4.75. The topological polar surface area (TPSA) is 45.2 Å². The molecule has 0 saturated carbocycles. The van der Waals surface area contributed by atoms with Gasteiger partial charge in [-0.2, -0.15) is 13.2 Å². The summed E-state index contributed by atoms with van der Waals surface area (Å²) in [5.41, 5.74) is 0.0543. The lowest BCUT2D eigenvalue weighted by atomic mass is 9.94. The highest BCUT2D eigenvalue weighted by Gasteiger charge is 2.34. The van der Waals surface area contributed by atoms with E-state index < -0.39 is 11.7 Å². The zero-order valence-corrected chi connectivity index (χ0v) is 14.6. The van der Waals surface area contributed by atoms with Gasteiger partial charge in [0.15, 0.2) is 0 Å². The van der Waals surface area contributed by atoms with Crippen LogP contribution in [0.15, 0.2) is 30.5 Å². The highest BCUT2D eigenvalue weighted by Crippen LogP contribution is 2.38. The average Bonchev–Trinajstić information content (AvgIpc) is 2.59. The van der Waals surface area contributed by atoms with E-state index in [0.29, 0.717) is 30.8 Å². The second-order valence-corrected chi connectivity index (χ2v) is 6.88. The van der Waals surface area contributed by atoms with Crippen LogP contribution >= 0.6 is 0 Å². The van der Waals surface area contributed by atoms with Crippen LogP contribution in [0, 0.1) is 5.92 Å². The molecule has 2 unspecified atom stereocenters. The van der Waals surface area contributed by atoms with E-state index in [2.05, 4.69) is 22.1 Å². The molecule has 1 fully saturated rings. The average molecular weight is 365 g/mol. The molecule has 1 aliphatic rings.